The molecule has 1 aliphatic rings. The van der Waals surface area contributed by atoms with Crippen LogP contribution in [0.3, 0.4) is 0 Å². The molecule has 0 bridgehead atoms. The largest absolute Gasteiger partial charge is 0.465 e. The first kappa shape index (κ1) is 15.3. The topological polar surface area (TPSA) is 78.1 Å². The standard InChI is InChI=1S/C14H21N3O2S/c1-2-19-13(18)14(15)6-3-4-11(14)5-9-20-12-10-16-7-8-17-12/h7-8,10-11H,2-6,9,15H2,1H3. The van der Waals surface area contributed by atoms with E-state index in [0.29, 0.717) is 6.61 Å². The van der Waals surface area contributed by atoms with Gasteiger partial charge in [0, 0.05) is 12.4 Å². The van der Waals surface area contributed by atoms with Crippen molar-refractivity contribution in [2.24, 2.45) is 11.7 Å². The Morgan fingerprint density at radius 3 is 3.15 bits per heavy atom. The van der Waals surface area contributed by atoms with Crippen molar-refractivity contribution in [3.8, 4) is 0 Å². The van der Waals surface area contributed by atoms with E-state index in [2.05, 4.69) is 9.97 Å². The maximum absolute atomic E-state index is 12.0. The van der Waals surface area contributed by atoms with Crippen LogP contribution >= 0.6 is 11.8 Å². The summed E-state index contributed by atoms with van der Waals surface area (Å²) in [6, 6.07) is 0. The Kier molecular flexibility index (Phi) is 5.37. The van der Waals surface area contributed by atoms with Gasteiger partial charge in [0.05, 0.1) is 12.8 Å². The molecule has 2 N–H and O–H groups in total. The smallest absolute Gasteiger partial charge is 0.326 e. The normalized spacial score (nSPS) is 25.6. The summed E-state index contributed by atoms with van der Waals surface area (Å²) in [7, 11) is 0. The molecule has 0 saturated heterocycles. The second-order valence-corrected chi connectivity index (χ2v) is 6.15. The van der Waals surface area contributed by atoms with Crippen molar-refractivity contribution in [2.75, 3.05) is 12.4 Å². The minimum absolute atomic E-state index is 0.200. The average Bonchev–Trinajstić information content (AvgIpc) is 2.83. The third-order valence-corrected chi connectivity index (χ3v) is 4.73. The number of esters is 1. The maximum atomic E-state index is 12.0. The van der Waals surface area contributed by atoms with Crippen LogP contribution in [0.1, 0.15) is 32.6 Å². The van der Waals surface area contributed by atoms with Crippen LogP contribution in [0.15, 0.2) is 23.6 Å². The minimum atomic E-state index is -0.793. The predicted octanol–water partition coefficient (Wildman–Crippen LogP) is 2.02. The molecule has 0 radical (unpaired) electrons. The fourth-order valence-electron chi connectivity index (χ4n) is 2.70. The summed E-state index contributed by atoms with van der Waals surface area (Å²) in [6.07, 6.45) is 8.71. The van der Waals surface area contributed by atoms with Crippen molar-refractivity contribution in [1.29, 1.82) is 0 Å². The van der Waals surface area contributed by atoms with Crippen LogP contribution in [0.25, 0.3) is 0 Å². The minimum Gasteiger partial charge on any atom is -0.465 e. The quantitative estimate of drug-likeness (QED) is 0.639. The first-order valence-corrected chi connectivity index (χ1v) is 8.00. The Bertz CT molecular complexity index is 443. The number of hydrogen-bond donors (Lipinski definition) is 1. The molecule has 2 atom stereocenters. The number of hydrogen-bond acceptors (Lipinski definition) is 6. The van der Waals surface area contributed by atoms with E-state index in [1.807, 2.05) is 6.92 Å². The van der Waals surface area contributed by atoms with Gasteiger partial charge in [-0.15, -0.1) is 11.8 Å². The molecule has 2 unspecified atom stereocenters. The average molecular weight is 295 g/mol. The molecule has 1 heterocycles. The fourth-order valence-corrected chi connectivity index (χ4v) is 3.59. The number of carbonyl (C=O) groups is 1. The van der Waals surface area contributed by atoms with Gasteiger partial charge in [-0.2, -0.15) is 0 Å². The SMILES string of the molecule is CCOC(=O)C1(N)CCCC1CCSc1cnccn1. The number of carbonyl (C=O) groups excluding carboxylic acids is 1. The van der Waals surface area contributed by atoms with E-state index in [-0.39, 0.29) is 11.9 Å². The van der Waals surface area contributed by atoms with Crippen LogP contribution in [-0.4, -0.2) is 33.8 Å². The fraction of sp³-hybridized carbons (Fsp3) is 0.643. The highest BCUT2D eigenvalue weighted by atomic mass is 32.2. The molecule has 1 aromatic rings. The van der Waals surface area contributed by atoms with Gasteiger partial charge in [0.25, 0.3) is 0 Å². The van der Waals surface area contributed by atoms with E-state index in [0.717, 1.165) is 36.5 Å². The second kappa shape index (κ2) is 7.04. The lowest BCUT2D eigenvalue weighted by atomic mass is 9.86. The summed E-state index contributed by atoms with van der Waals surface area (Å²) in [6.45, 7) is 2.20. The van der Waals surface area contributed by atoms with E-state index in [1.54, 1.807) is 30.4 Å². The molecule has 20 heavy (non-hydrogen) atoms. The Hall–Kier alpha value is -1.14. The molecular weight excluding hydrogens is 274 g/mol. The van der Waals surface area contributed by atoms with Crippen LogP contribution < -0.4 is 5.73 Å². The van der Waals surface area contributed by atoms with Crippen molar-refractivity contribution in [1.82, 2.24) is 9.97 Å². The van der Waals surface area contributed by atoms with E-state index in [1.165, 1.54) is 0 Å². The highest BCUT2D eigenvalue weighted by Crippen LogP contribution is 2.38. The lowest BCUT2D eigenvalue weighted by Gasteiger charge is -2.28. The molecule has 2 rings (SSSR count). The monoisotopic (exact) mass is 295 g/mol. The van der Waals surface area contributed by atoms with E-state index < -0.39 is 5.54 Å². The van der Waals surface area contributed by atoms with Crippen molar-refractivity contribution >= 4 is 17.7 Å². The third kappa shape index (κ3) is 3.49. The van der Waals surface area contributed by atoms with E-state index in [9.17, 15) is 4.79 Å². The van der Waals surface area contributed by atoms with Crippen LogP contribution in [0, 0.1) is 5.92 Å². The van der Waals surface area contributed by atoms with E-state index >= 15 is 0 Å². The van der Waals surface area contributed by atoms with Gasteiger partial charge in [-0.25, -0.2) is 4.98 Å². The zero-order valence-corrected chi connectivity index (χ0v) is 12.6. The summed E-state index contributed by atoms with van der Waals surface area (Å²) in [5.41, 5.74) is 5.51. The van der Waals surface area contributed by atoms with Crippen LogP contribution in [0.2, 0.25) is 0 Å². The molecule has 0 aliphatic heterocycles. The van der Waals surface area contributed by atoms with Gasteiger partial charge >= 0.3 is 5.97 Å². The number of aromatic nitrogens is 2. The van der Waals surface area contributed by atoms with Crippen molar-refractivity contribution < 1.29 is 9.53 Å². The Morgan fingerprint density at radius 1 is 1.60 bits per heavy atom. The van der Waals surface area contributed by atoms with Crippen molar-refractivity contribution in [3.63, 3.8) is 0 Å². The zero-order valence-electron chi connectivity index (χ0n) is 11.7. The molecule has 0 amide bonds. The highest BCUT2D eigenvalue weighted by Gasteiger charge is 2.46. The zero-order chi connectivity index (χ0) is 14.4. The van der Waals surface area contributed by atoms with E-state index in [4.69, 9.17) is 10.5 Å². The van der Waals surface area contributed by atoms with Gasteiger partial charge < -0.3 is 10.5 Å². The highest BCUT2D eigenvalue weighted by molar-refractivity contribution is 7.99. The number of nitrogens with zero attached hydrogens (tertiary/aromatic N) is 2. The van der Waals surface area contributed by atoms with Crippen LogP contribution in [-0.2, 0) is 9.53 Å². The van der Waals surface area contributed by atoms with Gasteiger partial charge in [-0.05, 0) is 37.9 Å². The van der Waals surface area contributed by atoms with Gasteiger partial charge in [0.15, 0.2) is 0 Å². The molecular formula is C14H21N3O2S. The Balaban J connectivity index is 1.86. The van der Waals surface area contributed by atoms with Crippen LogP contribution in [0.5, 0.6) is 0 Å². The van der Waals surface area contributed by atoms with Crippen LogP contribution in [0.4, 0.5) is 0 Å². The van der Waals surface area contributed by atoms with Gasteiger partial charge in [-0.3, -0.25) is 9.78 Å². The van der Waals surface area contributed by atoms with Gasteiger partial charge in [-0.1, -0.05) is 6.42 Å². The second-order valence-electron chi connectivity index (χ2n) is 5.03. The predicted molar refractivity (Wildman–Crippen MR) is 78.3 cm³/mol. The molecule has 110 valence electrons. The molecule has 5 nitrogen and oxygen atoms in total. The number of rotatable bonds is 6. The molecule has 1 aromatic heterocycles. The van der Waals surface area contributed by atoms with Gasteiger partial charge in [0.2, 0.25) is 0 Å². The first-order chi connectivity index (χ1) is 9.66. The lowest BCUT2D eigenvalue weighted by molar-refractivity contribution is -0.151. The Morgan fingerprint density at radius 2 is 2.45 bits per heavy atom. The number of thioether (sulfide) groups is 1. The summed E-state index contributed by atoms with van der Waals surface area (Å²) >= 11 is 1.65. The summed E-state index contributed by atoms with van der Waals surface area (Å²) < 4.78 is 5.13. The van der Waals surface area contributed by atoms with Crippen molar-refractivity contribution in [2.45, 2.75) is 43.2 Å². The molecule has 6 heteroatoms. The molecule has 0 aromatic carbocycles. The Labute approximate surface area is 123 Å². The third-order valence-electron chi connectivity index (χ3n) is 3.78. The molecule has 1 fully saturated rings. The first-order valence-electron chi connectivity index (χ1n) is 7.01. The van der Waals surface area contributed by atoms with Gasteiger partial charge in [0.1, 0.15) is 10.6 Å². The lowest BCUT2D eigenvalue weighted by Crippen LogP contribution is -2.52. The summed E-state index contributed by atoms with van der Waals surface area (Å²) in [5.74, 6) is 0.847. The molecule has 1 saturated carbocycles. The number of nitrogens with two attached hydrogens (primary N) is 1. The molecule has 0 spiro atoms. The summed E-state index contributed by atoms with van der Waals surface area (Å²) in [4.78, 5) is 20.3. The summed E-state index contributed by atoms with van der Waals surface area (Å²) in [5, 5.41) is 0.907. The maximum Gasteiger partial charge on any atom is 0.326 e. The molecule has 1 aliphatic carbocycles. The number of ether oxygens (including phenoxy) is 1. The van der Waals surface area contributed by atoms with Crippen molar-refractivity contribution in [3.05, 3.63) is 18.6 Å².